The number of likely N-dealkylation sites (tertiary alicyclic amines) is 1. The molecule has 20 heavy (non-hydrogen) atoms. The Hall–Kier alpha value is -1.39. The summed E-state index contributed by atoms with van der Waals surface area (Å²) in [5, 5.41) is 3.47. The molecule has 0 saturated carbocycles. The Balaban J connectivity index is 2.00. The Bertz CT molecular complexity index is 414. The minimum Gasteiger partial charge on any atom is -0.468 e. The molecule has 0 aliphatic carbocycles. The molecule has 0 aromatic heterocycles. The average Bonchev–Trinajstić information content (AvgIpc) is 2.53. The van der Waals surface area contributed by atoms with Gasteiger partial charge in [0.1, 0.15) is 6.04 Å². The van der Waals surface area contributed by atoms with Gasteiger partial charge in [-0.2, -0.15) is 0 Å². The van der Waals surface area contributed by atoms with Gasteiger partial charge in [0.05, 0.1) is 7.11 Å². The molecule has 2 rings (SSSR count). The Morgan fingerprint density at radius 2 is 2.00 bits per heavy atom. The number of ether oxygens (including phenoxy) is 1. The predicted octanol–water partition coefficient (Wildman–Crippen LogP) is 1.97. The maximum Gasteiger partial charge on any atom is 0.327 e. The molecule has 0 spiro atoms. The predicted molar refractivity (Wildman–Crippen MR) is 79.5 cm³/mol. The van der Waals surface area contributed by atoms with Gasteiger partial charge in [-0.3, -0.25) is 5.32 Å². The number of piperidine rings is 1. The van der Waals surface area contributed by atoms with E-state index >= 15 is 0 Å². The molecule has 1 aromatic rings. The number of rotatable bonds is 5. The topological polar surface area (TPSA) is 41.6 Å². The van der Waals surface area contributed by atoms with E-state index in [4.69, 9.17) is 4.74 Å². The quantitative estimate of drug-likeness (QED) is 0.835. The molecule has 1 aliphatic rings. The average molecular weight is 276 g/mol. The van der Waals surface area contributed by atoms with Gasteiger partial charge in [0.25, 0.3) is 0 Å². The third-order valence-electron chi connectivity index (χ3n) is 4.01. The van der Waals surface area contributed by atoms with E-state index in [0.29, 0.717) is 6.04 Å². The van der Waals surface area contributed by atoms with Gasteiger partial charge < -0.3 is 9.64 Å². The molecule has 1 aliphatic heterocycles. The molecule has 0 amide bonds. The number of benzene rings is 1. The number of carbonyl (C=O) groups excluding carboxylic acids is 1. The van der Waals surface area contributed by atoms with Crippen LogP contribution >= 0.6 is 0 Å². The first-order valence-electron chi connectivity index (χ1n) is 7.35. The van der Waals surface area contributed by atoms with Crippen molar-refractivity contribution in [3.8, 4) is 0 Å². The van der Waals surface area contributed by atoms with Gasteiger partial charge in [0, 0.05) is 6.04 Å². The van der Waals surface area contributed by atoms with E-state index < -0.39 is 0 Å². The molecular formula is C16H24N2O2. The van der Waals surface area contributed by atoms with Crippen LogP contribution in [0.15, 0.2) is 30.3 Å². The molecule has 1 unspecified atom stereocenters. The van der Waals surface area contributed by atoms with Gasteiger partial charge in [0.2, 0.25) is 0 Å². The highest BCUT2D eigenvalue weighted by Gasteiger charge is 2.26. The number of methoxy groups -OCH3 is 1. The van der Waals surface area contributed by atoms with Crippen molar-refractivity contribution < 1.29 is 9.53 Å². The zero-order chi connectivity index (χ0) is 14.4. The first-order valence-corrected chi connectivity index (χ1v) is 7.35. The molecule has 4 nitrogen and oxygen atoms in total. The first kappa shape index (κ1) is 15.0. The van der Waals surface area contributed by atoms with Crippen molar-refractivity contribution in [1.29, 1.82) is 0 Å². The molecule has 4 heteroatoms. The van der Waals surface area contributed by atoms with E-state index in [-0.39, 0.29) is 12.0 Å². The van der Waals surface area contributed by atoms with Gasteiger partial charge in [0.15, 0.2) is 0 Å². The van der Waals surface area contributed by atoms with E-state index in [9.17, 15) is 4.79 Å². The summed E-state index contributed by atoms with van der Waals surface area (Å²) in [5.41, 5.74) is 0.970. The van der Waals surface area contributed by atoms with Crippen LogP contribution in [0.3, 0.4) is 0 Å². The van der Waals surface area contributed by atoms with Crippen molar-refractivity contribution in [2.24, 2.45) is 0 Å². The molecule has 1 saturated heterocycles. The monoisotopic (exact) mass is 276 g/mol. The van der Waals surface area contributed by atoms with Crippen LogP contribution < -0.4 is 5.32 Å². The fourth-order valence-corrected chi connectivity index (χ4v) is 2.72. The van der Waals surface area contributed by atoms with E-state index in [1.165, 1.54) is 7.11 Å². The van der Waals surface area contributed by atoms with Gasteiger partial charge >= 0.3 is 5.97 Å². The van der Waals surface area contributed by atoms with Crippen LogP contribution in [0, 0.1) is 0 Å². The van der Waals surface area contributed by atoms with Crippen LogP contribution in [0.25, 0.3) is 0 Å². The minimum atomic E-state index is -0.362. The Morgan fingerprint density at radius 3 is 2.55 bits per heavy atom. The van der Waals surface area contributed by atoms with Crippen LogP contribution in [0.4, 0.5) is 0 Å². The van der Waals surface area contributed by atoms with Crippen LogP contribution in [0.5, 0.6) is 0 Å². The van der Waals surface area contributed by atoms with Crippen molar-refractivity contribution >= 4 is 5.97 Å². The Labute approximate surface area is 121 Å². The zero-order valence-corrected chi connectivity index (χ0v) is 12.3. The lowest BCUT2D eigenvalue weighted by atomic mass is 10.0. The van der Waals surface area contributed by atoms with Crippen molar-refractivity contribution in [2.45, 2.75) is 31.8 Å². The SMILES string of the molecule is CCN1CCC(NC(C(=O)OC)c2ccccc2)CC1. The fourth-order valence-electron chi connectivity index (χ4n) is 2.72. The zero-order valence-electron chi connectivity index (χ0n) is 12.3. The third-order valence-corrected chi connectivity index (χ3v) is 4.01. The Morgan fingerprint density at radius 1 is 1.35 bits per heavy atom. The van der Waals surface area contributed by atoms with Gasteiger partial charge in [-0.25, -0.2) is 4.79 Å². The molecule has 0 bridgehead atoms. The molecule has 1 N–H and O–H groups in total. The summed E-state index contributed by atoms with van der Waals surface area (Å²) in [6, 6.07) is 9.81. The second-order valence-electron chi connectivity index (χ2n) is 5.24. The summed E-state index contributed by atoms with van der Waals surface area (Å²) in [5.74, 6) is -0.214. The number of hydrogen-bond donors (Lipinski definition) is 1. The van der Waals surface area contributed by atoms with Crippen LogP contribution in [-0.4, -0.2) is 43.7 Å². The highest BCUT2D eigenvalue weighted by Crippen LogP contribution is 2.18. The van der Waals surface area contributed by atoms with Crippen molar-refractivity contribution in [3.05, 3.63) is 35.9 Å². The standard InChI is InChI=1S/C16H24N2O2/c1-3-18-11-9-14(10-12-18)17-15(16(19)20-2)13-7-5-4-6-8-13/h4-8,14-15,17H,3,9-12H2,1-2H3. The number of nitrogens with one attached hydrogen (secondary N) is 1. The number of esters is 1. The molecule has 110 valence electrons. The number of nitrogens with zero attached hydrogens (tertiary/aromatic N) is 1. The lowest BCUT2D eigenvalue weighted by Crippen LogP contribution is -2.45. The smallest absolute Gasteiger partial charge is 0.327 e. The molecular weight excluding hydrogens is 252 g/mol. The number of carbonyl (C=O) groups is 1. The number of hydrogen-bond acceptors (Lipinski definition) is 4. The Kier molecular flexibility index (Phi) is 5.56. The highest BCUT2D eigenvalue weighted by atomic mass is 16.5. The summed E-state index contributed by atoms with van der Waals surface area (Å²) < 4.78 is 4.94. The molecule has 1 fully saturated rings. The fraction of sp³-hybridized carbons (Fsp3) is 0.562. The molecule has 1 heterocycles. The second-order valence-corrected chi connectivity index (χ2v) is 5.24. The van der Waals surface area contributed by atoms with Crippen molar-refractivity contribution in [3.63, 3.8) is 0 Å². The minimum absolute atomic E-state index is 0.214. The summed E-state index contributed by atoms with van der Waals surface area (Å²) >= 11 is 0. The van der Waals surface area contributed by atoms with Gasteiger partial charge in [-0.05, 0) is 38.0 Å². The molecule has 1 aromatic carbocycles. The summed E-state index contributed by atoms with van der Waals surface area (Å²) in [7, 11) is 1.44. The van der Waals surface area contributed by atoms with Crippen LogP contribution in [0.1, 0.15) is 31.4 Å². The normalized spacial score (nSPS) is 18.7. The van der Waals surface area contributed by atoms with Crippen LogP contribution in [-0.2, 0) is 9.53 Å². The highest BCUT2D eigenvalue weighted by molar-refractivity contribution is 5.77. The first-order chi connectivity index (χ1) is 9.74. The molecule has 1 atom stereocenters. The van der Waals surface area contributed by atoms with Crippen molar-refractivity contribution in [2.75, 3.05) is 26.7 Å². The van der Waals surface area contributed by atoms with E-state index in [1.54, 1.807) is 0 Å². The maximum atomic E-state index is 12.0. The molecule has 0 radical (unpaired) electrons. The largest absolute Gasteiger partial charge is 0.468 e. The van der Waals surface area contributed by atoms with E-state index in [2.05, 4.69) is 17.1 Å². The van der Waals surface area contributed by atoms with E-state index in [1.807, 2.05) is 30.3 Å². The second kappa shape index (κ2) is 7.41. The summed E-state index contributed by atoms with van der Waals surface area (Å²) in [6.45, 7) is 5.48. The summed E-state index contributed by atoms with van der Waals surface area (Å²) in [6.07, 6.45) is 2.16. The lowest BCUT2D eigenvalue weighted by molar-refractivity contribution is -0.143. The van der Waals surface area contributed by atoms with Crippen LogP contribution in [0.2, 0.25) is 0 Å². The third kappa shape index (κ3) is 3.81. The van der Waals surface area contributed by atoms with Gasteiger partial charge in [-0.15, -0.1) is 0 Å². The van der Waals surface area contributed by atoms with Crippen molar-refractivity contribution in [1.82, 2.24) is 10.2 Å². The summed E-state index contributed by atoms with van der Waals surface area (Å²) in [4.78, 5) is 14.4. The maximum absolute atomic E-state index is 12.0. The lowest BCUT2D eigenvalue weighted by Gasteiger charge is -2.33. The van der Waals surface area contributed by atoms with Gasteiger partial charge in [-0.1, -0.05) is 37.3 Å². The van der Waals surface area contributed by atoms with E-state index in [0.717, 1.165) is 38.0 Å².